The van der Waals surface area contributed by atoms with Crippen LogP contribution in [0.4, 0.5) is 11.4 Å². The molecule has 6 heteroatoms. The fourth-order valence-corrected chi connectivity index (χ4v) is 4.56. The predicted octanol–water partition coefficient (Wildman–Crippen LogP) is 6.02. The van der Waals surface area contributed by atoms with Crippen LogP contribution in [0, 0.1) is 0 Å². The minimum absolute atomic E-state index is 0.223. The van der Waals surface area contributed by atoms with Gasteiger partial charge in [0, 0.05) is 29.9 Å². The first-order valence-corrected chi connectivity index (χ1v) is 12.2. The number of carbonyl (C=O) groups excluding carboxylic acids is 2. The summed E-state index contributed by atoms with van der Waals surface area (Å²) in [5.74, 6) is -0.668. The summed E-state index contributed by atoms with van der Waals surface area (Å²) in [6.45, 7) is 9.74. The van der Waals surface area contributed by atoms with Gasteiger partial charge in [-0.05, 0) is 63.1 Å². The number of ether oxygens (including phenoxy) is 1. The third-order valence-electron chi connectivity index (χ3n) is 6.41. The van der Waals surface area contributed by atoms with E-state index in [2.05, 4.69) is 55.4 Å². The molecule has 186 valence electrons. The first-order chi connectivity index (χ1) is 17.3. The molecule has 0 unspecified atom stereocenters. The Bertz CT molecular complexity index is 1270. The maximum Gasteiger partial charge on any atom is 0.337 e. The van der Waals surface area contributed by atoms with E-state index in [4.69, 9.17) is 4.74 Å². The zero-order valence-electron chi connectivity index (χ0n) is 21.5. The summed E-state index contributed by atoms with van der Waals surface area (Å²) >= 11 is 0. The molecular weight excluding hydrogens is 450 g/mol. The van der Waals surface area contributed by atoms with Gasteiger partial charge in [-0.25, -0.2) is 4.79 Å². The van der Waals surface area contributed by atoms with Crippen molar-refractivity contribution in [1.82, 2.24) is 4.90 Å². The maximum absolute atomic E-state index is 13.2. The molecule has 1 aliphatic rings. The Kier molecular flexibility index (Phi) is 7.55. The van der Waals surface area contributed by atoms with Gasteiger partial charge in [0.25, 0.3) is 5.91 Å². The summed E-state index contributed by atoms with van der Waals surface area (Å²) in [6, 6.07) is 24.2. The van der Waals surface area contributed by atoms with E-state index in [9.17, 15) is 9.59 Å². The summed E-state index contributed by atoms with van der Waals surface area (Å²) in [7, 11) is 1.34. The van der Waals surface area contributed by atoms with Gasteiger partial charge in [0.05, 0.1) is 29.6 Å². The van der Waals surface area contributed by atoms with Crippen LogP contribution in [0.25, 0.3) is 11.3 Å². The molecule has 3 aromatic rings. The lowest BCUT2D eigenvalue weighted by Gasteiger charge is -2.30. The van der Waals surface area contributed by atoms with Gasteiger partial charge in [-0.15, -0.1) is 0 Å². The molecule has 0 saturated heterocycles. The molecule has 0 spiro atoms. The molecule has 0 bridgehead atoms. The number of amides is 1. The third-order valence-corrected chi connectivity index (χ3v) is 6.41. The molecule has 0 aromatic heterocycles. The monoisotopic (exact) mass is 483 g/mol. The van der Waals surface area contributed by atoms with E-state index < -0.39 is 5.97 Å². The lowest BCUT2D eigenvalue weighted by molar-refractivity contribution is -0.110. The number of anilines is 2. The van der Waals surface area contributed by atoms with Gasteiger partial charge in [0.1, 0.15) is 0 Å². The largest absolute Gasteiger partial charge is 0.465 e. The Labute approximate surface area is 213 Å². The molecule has 2 N–H and O–H groups in total. The number of carbonyl (C=O) groups is 2. The average molecular weight is 484 g/mol. The number of rotatable bonds is 8. The number of fused-ring (bicyclic) bond motifs is 1. The lowest BCUT2D eigenvalue weighted by Crippen LogP contribution is -2.36. The van der Waals surface area contributed by atoms with E-state index in [0.29, 0.717) is 34.6 Å². The van der Waals surface area contributed by atoms with Crippen molar-refractivity contribution in [2.24, 2.45) is 0 Å². The van der Waals surface area contributed by atoms with Crippen LogP contribution < -0.4 is 10.6 Å². The number of benzene rings is 3. The molecule has 0 radical (unpaired) electrons. The van der Waals surface area contributed by atoms with Gasteiger partial charge in [-0.2, -0.15) is 0 Å². The highest BCUT2D eigenvalue weighted by molar-refractivity contribution is 6.37. The van der Waals surface area contributed by atoms with Crippen molar-refractivity contribution >= 4 is 34.5 Å². The number of nitrogens with zero attached hydrogens (tertiary/aromatic N) is 1. The van der Waals surface area contributed by atoms with Gasteiger partial charge in [-0.3, -0.25) is 9.69 Å². The molecular formula is C30H33N3O3. The zero-order chi connectivity index (χ0) is 25.8. The number of hydrogen-bond donors (Lipinski definition) is 2. The summed E-state index contributed by atoms with van der Waals surface area (Å²) in [4.78, 5) is 27.6. The number of hydrogen-bond acceptors (Lipinski definition) is 5. The van der Waals surface area contributed by atoms with Crippen molar-refractivity contribution < 1.29 is 14.3 Å². The second kappa shape index (κ2) is 10.8. The second-order valence-corrected chi connectivity index (χ2v) is 9.50. The Morgan fingerprint density at radius 3 is 2.19 bits per heavy atom. The molecule has 6 nitrogen and oxygen atoms in total. The summed E-state index contributed by atoms with van der Waals surface area (Å²) in [5, 5.41) is 6.40. The van der Waals surface area contributed by atoms with E-state index in [-0.39, 0.29) is 5.91 Å². The molecule has 0 aliphatic carbocycles. The smallest absolute Gasteiger partial charge is 0.337 e. The van der Waals surface area contributed by atoms with Gasteiger partial charge in [0.2, 0.25) is 0 Å². The fraction of sp³-hybridized carbons (Fsp3) is 0.267. The van der Waals surface area contributed by atoms with Crippen molar-refractivity contribution in [3.63, 3.8) is 0 Å². The van der Waals surface area contributed by atoms with E-state index in [1.807, 2.05) is 42.5 Å². The number of esters is 1. The van der Waals surface area contributed by atoms with Crippen LogP contribution >= 0.6 is 0 Å². The summed E-state index contributed by atoms with van der Waals surface area (Å²) in [6.07, 6.45) is 0. The predicted molar refractivity (Wildman–Crippen MR) is 146 cm³/mol. The van der Waals surface area contributed by atoms with Crippen LogP contribution in [-0.2, 0) is 16.1 Å². The number of methoxy groups -OCH3 is 1. The van der Waals surface area contributed by atoms with E-state index in [1.165, 1.54) is 12.7 Å². The average Bonchev–Trinajstić information content (AvgIpc) is 3.20. The second-order valence-electron chi connectivity index (χ2n) is 9.50. The van der Waals surface area contributed by atoms with Crippen molar-refractivity contribution in [3.05, 3.63) is 95.1 Å². The van der Waals surface area contributed by atoms with Gasteiger partial charge >= 0.3 is 5.97 Å². The standard InChI is InChI=1S/C30H33N3O3/c1-19(2)33(20(3)4)18-21-11-14-24(15-12-21)31-28(22-9-7-6-8-10-22)27-25-16-13-23(30(35)36-5)17-26(25)32-29(27)34/h6-17,19-20,31H,18H2,1-5H3,(H,32,34). The van der Waals surface area contributed by atoms with Gasteiger partial charge in [0.15, 0.2) is 0 Å². The first kappa shape index (κ1) is 25.2. The van der Waals surface area contributed by atoms with Crippen LogP contribution in [0.3, 0.4) is 0 Å². The Balaban J connectivity index is 1.70. The Morgan fingerprint density at radius 1 is 0.917 bits per heavy atom. The van der Waals surface area contributed by atoms with Crippen LogP contribution in [0.15, 0.2) is 72.8 Å². The van der Waals surface area contributed by atoms with E-state index in [0.717, 1.165) is 23.4 Å². The van der Waals surface area contributed by atoms with Crippen LogP contribution in [0.1, 0.15) is 54.7 Å². The molecule has 1 heterocycles. The van der Waals surface area contributed by atoms with Crippen LogP contribution in [0.2, 0.25) is 0 Å². The molecule has 0 saturated carbocycles. The van der Waals surface area contributed by atoms with Crippen molar-refractivity contribution in [1.29, 1.82) is 0 Å². The van der Waals surface area contributed by atoms with Gasteiger partial charge in [-0.1, -0.05) is 48.5 Å². The van der Waals surface area contributed by atoms with E-state index in [1.54, 1.807) is 18.2 Å². The lowest BCUT2D eigenvalue weighted by atomic mass is 9.99. The summed E-state index contributed by atoms with van der Waals surface area (Å²) in [5.41, 5.74) is 5.96. The zero-order valence-corrected chi connectivity index (χ0v) is 21.5. The highest BCUT2D eigenvalue weighted by atomic mass is 16.5. The molecule has 0 atom stereocenters. The Hall–Kier alpha value is -3.90. The maximum atomic E-state index is 13.2. The molecule has 36 heavy (non-hydrogen) atoms. The first-order valence-electron chi connectivity index (χ1n) is 12.2. The molecule has 3 aromatic carbocycles. The molecule has 1 amide bonds. The van der Waals surface area contributed by atoms with E-state index >= 15 is 0 Å². The molecule has 0 fully saturated rings. The van der Waals surface area contributed by atoms with Crippen molar-refractivity contribution in [2.45, 2.75) is 46.3 Å². The summed E-state index contributed by atoms with van der Waals surface area (Å²) < 4.78 is 4.83. The topological polar surface area (TPSA) is 70.7 Å². The van der Waals surface area contributed by atoms with Crippen LogP contribution in [0.5, 0.6) is 0 Å². The fourth-order valence-electron chi connectivity index (χ4n) is 4.56. The van der Waals surface area contributed by atoms with Crippen LogP contribution in [-0.4, -0.2) is 36.0 Å². The minimum atomic E-state index is -0.445. The van der Waals surface area contributed by atoms with Crippen molar-refractivity contribution in [2.75, 3.05) is 17.7 Å². The molecule has 1 aliphatic heterocycles. The normalized spacial score (nSPS) is 14.2. The minimum Gasteiger partial charge on any atom is -0.465 e. The SMILES string of the molecule is COC(=O)c1ccc2c(c1)NC(=O)C2=C(Nc1ccc(CN(C(C)C)C(C)C)cc1)c1ccccc1. The van der Waals surface area contributed by atoms with Gasteiger partial charge < -0.3 is 15.4 Å². The van der Waals surface area contributed by atoms with Crippen molar-refractivity contribution in [3.8, 4) is 0 Å². The highest BCUT2D eigenvalue weighted by Gasteiger charge is 2.29. The number of nitrogens with one attached hydrogen (secondary N) is 2. The highest BCUT2D eigenvalue weighted by Crippen LogP contribution is 2.38. The third kappa shape index (κ3) is 5.34. The quantitative estimate of drug-likeness (QED) is 0.303. The molecule has 4 rings (SSSR count). The Morgan fingerprint density at radius 2 is 1.58 bits per heavy atom.